The first-order valence-corrected chi connectivity index (χ1v) is 8.05. The Morgan fingerprint density at radius 3 is 2.45 bits per heavy atom. The third-order valence-electron chi connectivity index (χ3n) is 3.21. The topological polar surface area (TPSA) is 56.7 Å². The van der Waals surface area contributed by atoms with Crippen LogP contribution in [0.3, 0.4) is 0 Å². The Kier molecular flexibility index (Phi) is 8.72. The molecule has 0 aliphatic heterocycles. The molecule has 0 aliphatic carbocycles. The zero-order chi connectivity index (χ0) is 16.2. The van der Waals surface area contributed by atoms with Gasteiger partial charge in [0.1, 0.15) is 6.54 Å². The highest BCUT2D eigenvalue weighted by atomic mass is 16.2. The van der Waals surface area contributed by atoms with Gasteiger partial charge in [-0.2, -0.15) is 0 Å². The van der Waals surface area contributed by atoms with E-state index < -0.39 is 0 Å². The number of benzene rings is 1. The minimum Gasteiger partial charge on any atom is -0.357 e. The lowest BCUT2D eigenvalue weighted by atomic mass is 10.2. The van der Waals surface area contributed by atoms with Crippen LogP contribution in [-0.4, -0.2) is 42.9 Å². The predicted octanol–water partition coefficient (Wildman–Crippen LogP) is 2.00. The van der Waals surface area contributed by atoms with Crippen molar-refractivity contribution in [2.24, 2.45) is 4.99 Å². The van der Waals surface area contributed by atoms with Gasteiger partial charge in [0.25, 0.3) is 0 Å². The van der Waals surface area contributed by atoms with Crippen LogP contribution in [0.1, 0.15) is 32.8 Å². The highest BCUT2D eigenvalue weighted by Crippen LogP contribution is 2.04. The molecule has 22 heavy (non-hydrogen) atoms. The van der Waals surface area contributed by atoms with Crippen LogP contribution in [-0.2, 0) is 11.3 Å². The lowest BCUT2D eigenvalue weighted by Crippen LogP contribution is -2.39. The molecule has 1 rings (SSSR count). The van der Waals surface area contributed by atoms with Crippen LogP contribution in [0.25, 0.3) is 0 Å². The van der Waals surface area contributed by atoms with Crippen LogP contribution < -0.4 is 10.6 Å². The standard InChI is InChI=1S/C17H28N4O/c1-4-12-19-17(18-5-2)20-13-16(22)21(6-3)14-15-10-8-7-9-11-15/h7-11H,4-6,12-14H2,1-3H3,(H2,18,19,20). The lowest BCUT2D eigenvalue weighted by molar-refractivity contribution is -0.130. The second-order valence-electron chi connectivity index (χ2n) is 5.02. The summed E-state index contributed by atoms with van der Waals surface area (Å²) >= 11 is 0. The summed E-state index contributed by atoms with van der Waals surface area (Å²) in [5.41, 5.74) is 1.14. The van der Waals surface area contributed by atoms with Gasteiger partial charge in [-0.1, -0.05) is 37.3 Å². The number of guanidine groups is 1. The molecule has 0 saturated heterocycles. The number of nitrogens with one attached hydrogen (secondary N) is 2. The number of nitrogens with zero attached hydrogens (tertiary/aromatic N) is 2. The first-order valence-electron chi connectivity index (χ1n) is 8.05. The van der Waals surface area contributed by atoms with E-state index in [9.17, 15) is 4.79 Å². The number of hydrogen-bond acceptors (Lipinski definition) is 2. The minimum absolute atomic E-state index is 0.0417. The predicted molar refractivity (Wildman–Crippen MR) is 91.8 cm³/mol. The van der Waals surface area contributed by atoms with Crippen molar-refractivity contribution >= 4 is 11.9 Å². The minimum atomic E-state index is 0.0417. The van der Waals surface area contributed by atoms with Crippen LogP contribution in [0, 0.1) is 0 Å². The number of hydrogen-bond donors (Lipinski definition) is 2. The van der Waals surface area contributed by atoms with Gasteiger partial charge in [-0.15, -0.1) is 0 Å². The molecule has 2 N–H and O–H groups in total. The average molecular weight is 304 g/mol. The molecule has 0 fully saturated rings. The van der Waals surface area contributed by atoms with E-state index in [-0.39, 0.29) is 12.5 Å². The number of rotatable bonds is 8. The van der Waals surface area contributed by atoms with E-state index in [0.29, 0.717) is 19.0 Å². The summed E-state index contributed by atoms with van der Waals surface area (Å²) in [6.45, 7) is 9.21. The fraction of sp³-hybridized carbons (Fsp3) is 0.529. The summed E-state index contributed by atoms with van der Waals surface area (Å²) in [4.78, 5) is 18.5. The Bertz CT molecular complexity index is 459. The lowest BCUT2D eigenvalue weighted by Gasteiger charge is -2.20. The second-order valence-corrected chi connectivity index (χ2v) is 5.02. The summed E-state index contributed by atoms with van der Waals surface area (Å²) in [5, 5.41) is 6.35. The molecular formula is C17H28N4O. The van der Waals surface area contributed by atoms with Crippen LogP contribution in [0.5, 0.6) is 0 Å². The summed E-state index contributed by atoms with van der Waals surface area (Å²) in [6.07, 6.45) is 1.02. The van der Waals surface area contributed by atoms with Crippen molar-refractivity contribution < 1.29 is 4.79 Å². The molecule has 0 saturated carbocycles. The molecule has 0 aliphatic rings. The fourth-order valence-corrected chi connectivity index (χ4v) is 2.01. The SMILES string of the molecule is CCCNC(=NCC(=O)N(CC)Cc1ccccc1)NCC. The van der Waals surface area contributed by atoms with Gasteiger partial charge >= 0.3 is 0 Å². The molecule has 0 heterocycles. The Labute approximate surface area is 133 Å². The number of aliphatic imine (C=N–C) groups is 1. The monoisotopic (exact) mass is 304 g/mol. The van der Waals surface area contributed by atoms with Crippen molar-refractivity contribution in [1.29, 1.82) is 0 Å². The van der Waals surface area contributed by atoms with E-state index in [0.717, 1.165) is 25.1 Å². The van der Waals surface area contributed by atoms with E-state index in [1.807, 2.05) is 49.1 Å². The molecule has 1 aromatic rings. The van der Waals surface area contributed by atoms with E-state index in [1.165, 1.54) is 0 Å². The summed E-state index contributed by atoms with van der Waals surface area (Å²) in [7, 11) is 0. The first-order chi connectivity index (χ1) is 10.7. The average Bonchev–Trinajstić information content (AvgIpc) is 2.55. The normalized spacial score (nSPS) is 11.1. The van der Waals surface area contributed by atoms with Crippen LogP contribution in [0.2, 0.25) is 0 Å². The van der Waals surface area contributed by atoms with Gasteiger partial charge in [0, 0.05) is 26.2 Å². The quantitative estimate of drug-likeness (QED) is 0.570. The molecule has 0 atom stereocenters. The zero-order valence-corrected chi connectivity index (χ0v) is 13.9. The first kappa shape index (κ1) is 18.0. The number of carbonyl (C=O) groups is 1. The summed E-state index contributed by atoms with van der Waals surface area (Å²) < 4.78 is 0. The van der Waals surface area contributed by atoms with Gasteiger partial charge in [-0.05, 0) is 25.8 Å². The largest absolute Gasteiger partial charge is 0.357 e. The summed E-state index contributed by atoms with van der Waals surface area (Å²) in [6, 6.07) is 10.0. The molecule has 122 valence electrons. The highest BCUT2D eigenvalue weighted by Gasteiger charge is 2.11. The Morgan fingerprint density at radius 1 is 1.14 bits per heavy atom. The van der Waals surface area contributed by atoms with Crippen LogP contribution >= 0.6 is 0 Å². The van der Waals surface area contributed by atoms with Gasteiger partial charge in [0.05, 0.1) is 0 Å². The van der Waals surface area contributed by atoms with Crippen molar-refractivity contribution in [1.82, 2.24) is 15.5 Å². The van der Waals surface area contributed by atoms with Gasteiger partial charge in [-0.25, -0.2) is 4.99 Å². The van der Waals surface area contributed by atoms with Gasteiger partial charge in [-0.3, -0.25) is 4.79 Å². The Morgan fingerprint density at radius 2 is 1.86 bits per heavy atom. The molecule has 0 unspecified atom stereocenters. The molecule has 5 nitrogen and oxygen atoms in total. The maximum absolute atomic E-state index is 12.3. The second kappa shape index (κ2) is 10.7. The van der Waals surface area contributed by atoms with Crippen molar-refractivity contribution in [3.05, 3.63) is 35.9 Å². The molecule has 0 bridgehead atoms. The van der Waals surface area contributed by atoms with Gasteiger partial charge in [0.15, 0.2) is 5.96 Å². The van der Waals surface area contributed by atoms with Crippen LogP contribution in [0.4, 0.5) is 0 Å². The van der Waals surface area contributed by atoms with Crippen molar-refractivity contribution in [2.75, 3.05) is 26.2 Å². The molecule has 0 spiro atoms. The van der Waals surface area contributed by atoms with Gasteiger partial charge in [0.2, 0.25) is 5.91 Å². The van der Waals surface area contributed by atoms with E-state index in [2.05, 4.69) is 22.5 Å². The highest BCUT2D eigenvalue weighted by molar-refractivity contribution is 5.84. The van der Waals surface area contributed by atoms with E-state index in [1.54, 1.807) is 0 Å². The summed E-state index contributed by atoms with van der Waals surface area (Å²) in [5.74, 6) is 0.744. The van der Waals surface area contributed by atoms with Crippen molar-refractivity contribution in [3.8, 4) is 0 Å². The van der Waals surface area contributed by atoms with Crippen molar-refractivity contribution in [2.45, 2.75) is 33.7 Å². The maximum atomic E-state index is 12.3. The smallest absolute Gasteiger partial charge is 0.244 e. The molecule has 5 heteroatoms. The molecule has 1 amide bonds. The zero-order valence-electron chi connectivity index (χ0n) is 13.9. The molecule has 0 aromatic heterocycles. The molecular weight excluding hydrogens is 276 g/mol. The molecule has 0 radical (unpaired) electrons. The maximum Gasteiger partial charge on any atom is 0.244 e. The van der Waals surface area contributed by atoms with E-state index in [4.69, 9.17) is 0 Å². The van der Waals surface area contributed by atoms with Gasteiger partial charge < -0.3 is 15.5 Å². The number of amides is 1. The Hall–Kier alpha value is -2.04. The fourth-order valence-electron chi connectivity index (χ4n) is 2.01. The Balaban J connectivity index is 2.59. The van der Waals surface area contributed by atoms with Crippen LogP contribution in [0.15, 0.2) is 35.3 Å². The molecule has 1 aromatic carbocycles. The third kappa shape index (κ3) is 6.61. The van der Waals surface area contributed by atoms with E-state index >= 15 is 0 Å². The third-order valence-corrected chi connectivity index (χ3v) is 3.21. The number of likely N-dealkylation sites (N-methyl/N-ethyl adjacent to an activating group) is 1. The number of carbonyl (C=O) groups excluding carboxylic acids is 1. The van der Waals surface area contributed by atoms with Crippen molar-refractivity contribution in [3.63, 3.8) is 0 Å².